The van der Waals surface area contributed by atoms with Crippen molar-refractivity contribution in [3.8, 4) is 0 Å². The number of hydrogen-bond acceptors (Lipinski definition) is 8. The van der Waals surface area contributed by atoms with Crippen LogP contribution in [0.2, 0.25) is 0 Å². The summed E-state index contributed by atoms with van der Waals surface area (Å²) < 4.78 is 0. The summed E-state index contributed by atoms with van der Waals surface area (Å²) in [6, 6.07) is -4.98. The average molecular weight is 419 g/mol. The maximum atomic E-state index is 12.3. The summed E-state index contributed by atoms with van der Waals surface area (Å²) in [4.78, 5) is 58.2. The molecule has 13 nitrogen and oxygen atoms in total. The van der Waals surface area contributed by atoms with Gasteiger partial charge in [0.1, 0.15) is 18.1 Å². The van der Waals surface area contributed by atoms with E-state index in [9.17, 15) is 24.0 Å². The first-order valence-corrected chi connectivity index (χ1v) is 8.95. The van der Waals surface area contributed by atoms with Crippen LogP contribution in [0.25, 0.3) is 0 Å². The Kier molecular flexibility index (Phi) is 12.1. The van der Waals surface area contributed by atoms with Gasteiger partial charge in [-0.1, -0.05) is 0 Å². The second kappa shape index (κ2) is 13.4. The summed E-state index contributed by atoms with van der Waals surface area (Å²) >= 11 is 0. The van der Waals surface area contributed by atoms with Crippen molar-refractivity contribution < 1.29 is 39.3 Å². The number of nitrogens with two attached hydrogens (primary N) is 2. The van der Waals surface area contributed by atoms with Crippen LogP contribution in [0.1, 0.15) is 32.6 Å². The molecule has 0 aromatic heterocycles. The van der Waals surface area contributed by atoms with Gasteiger partial charge < -0.3 is 42.7 Å². The van der Waals surface area contributed by atoms with Gasteiger partial charge in [0, 0.05) is 6.42 Å². The Morgan fingerprint density at radius 1 is 0.897 bits per heavy atom. The number of rotatable bonds is 14. The van der Waals surface area contributed by atoms with Crippen molar-refractivity contribution in [2.24, 2.45) is 11.5 Å². The lowest BCUT2D eigenvalue weighted by molar-refractivity contribution is -0.144. The van der Waals surface area contributed by atoms with Crippen molar-refractivity contribution in [2.45, 2.75) is 56.8 Å². The quantitative estimate of drug-likeness (QED) is 0.138. The Morgan fingerprint density at radius 2 is 1.48 bits per heavy atom. The van der Waals surface area contributed by atoms with Crippen LogP contribution < -0.4 is 27.4 Å². The molecule has 166 valence electrons. The SMILES string of the molecule is C[C@@H](NC(=O)[C@@H](N)CCCN)C(=O)N[C@@H](CCC(=O)O)C(=O)N[C@@H](CO)C(=O)O. The van der Waals surface area contributed by atoms with E-state index in [1.807, 2.05) is 5.32 Å². The van der Waals surface area contributed by atoms with Crippen LogP contribution in [-0.4, -0.2) is 82.3 Å². The van der Waals surface area contributed by atoms with Gasteiger partial charge in [0.15, 0.2) is 0 Å². The van der Waals surface area contributed by atoms with Gasteiger partial charge in [0.05, 0.1) is 12.6 Å². The molecule has 0 aromatic rings. The van der Waals surface area contributed by atoms with Crippen LogP contribution in [0.4, 0.5) is 0 Å². The molecule has 4 atom stereocenters. The van der Waals surface area contributed by atoms with Crippen LogP contribution in [0.15, 0.2) is 0 Å². The van der Waals surface area contributed by atoms with Crippen molar-refractivity contribution in [1.82, 2.24) is 16.0 Å². The number of carbonyl (C=O) groups is 5. The van der Waals surface area contributed by atoms with Crippen LogP contribution >= 0.6 is 0 Å². The monoisotopic (exact) mass is 419 g/mol. The summed E-state index contributed by atoms with van der Waals surface area (Å²) in [5.41, 5.74) is 11.0. The smallest absolute Gasteiger partial charge is 0.328 e. The Hall–Kier alpha value is -2.77. The van der Waals surface area contributed by atoms with Crippen molar-refractivity contribution in [1.29, 1.82) is 0 Å². The number of carbonyl (C=O) groups excluding carboxylic acids is 3. The van der Waals surface area contributed by atoms with Gasteiger partial charge in [-0.15, -0.1) is 0 Å². The number of hydrogen-bond donors (Lipinski definition) is 8. The fraction of sp³-hybridized carbons (Fsp3) is 0.688. The van der Waals surface area contributed by atoms with Gasteiger partial charge in [-0.25, -0.2) is 4.79 Å². The number of aliphatic carboxylic acids is 2. The number of aliphatic hydroxyl groups is 1. The standard InChI is InChI=1S/C16H29N5O8/c1-8(19-14(26)9(18)3-2-6-17)13(25)20-10(4-5-12(23)24)15(27)21-11(7-22)16(28)29/h8-11,22H,2-7,17-18H2,1H3,(H,19,26)(H,20,25)(H,21,27)(H,23,24)(H,28,29)/t8-,9+,10+,11+/m1/s1. The Balaban J connectivity index is 5.00. The van der Waals surface area contributed by atoms with Gasteiger partial charge in [0.25, 0.3) is 0 Å². The molecule has 0 radical (unpaired) electrons. The fourth-order valence-electron chi connectivity index (χ4n) is 2.15. The molecule has 0 rings (SSSR count). The molecule has 0 aromatic carbocycles. The maximum Gasteiger partial charge on any atom is 0.328 e. The van der Waals surface area contributed by atoms with E-state index in [0.717, 1.165) is 0 Å². The van der Waals surface area contributed by atoms with Crippen molar-refractivity contribution >= 4 is 29.7 Å². The van der Waals surface area contributed by atoms with Gasteiger partial charge in [-0.3, -0.25) is 19.2 Å². The minimum atomic E-state index is -1.62. The lowest BCUT2D eigenvalue weighted by atomic mass is 10.1. The molecule has 0 fully saturated rings. The van der Waals surface area contributed by atoms with E-state index in [1.54, 1.807) is 0 Å². The molecule has 13 heteroatoms. The predicted molar refractivity (Wildman–Crippen MR) is 99.3 cm³/mol. The molecule has 0 aliphatic carbocycles. The summed E-state index contributed by atoms with van der Waals surface area (Å²) in [5.74, 6) is -5.12. The molecule has 0 aliphatic rings. The van der Waals surface area contributed by atoms with E-state index in [1.165, 1.54) is 6.92 Å². The maximum absolute atomic E-state index is 12.3. The third-order valence-corrected chi connectivity index (χ3v) is 3.89. The highest BCUT2D eigenvalue weighted by molar-refractivity contribution is 5.94. The van der Waals surface area contributed by atoms with Crippen molar-refractivity contribution in [2.75, 3.05) is 13.2 Å². The normalized spacial score (nSPS) is 14.8. The largest absolute Gasteiger partial charge is 0.481 e. The summed E-state index contributed by atoms with van der Waals surface area (Å²) in [7, 11) is 0. The first-order chi connectivity index (χ1) is 13.5. The lowest BCUT2D eigenvalue weighted by Crippen LogP contribution is -2.56. The molecular formula is C16H29N5O8. The summed E-state index contributed by atoms with van der Waals surface area (Å²) in [6.45, 7) is 0.791. The fourth-order valence-corrected chi connectivity index (χ4v) is 2.15. The molecule has 3 amide bonds. The van der Waals surface area contributed by atoms with E-state index in [0.29, 0.717) is 19.4 Å². The molecule has 29 heavy (non-hydrogen) atoms. The second-order valence-electron chi connectivity index (χ2n) is 6.34. The van der Waals surface area contributed by atoms with Crippen LogP contribution in [-0.2, 0) is 24.0 Å². The lowest BCUT2D eigenvalue weighted by Gasteiger charge is -2.23. The van der Waals surface area contributed by atoms with E-state index >= 15 is 0 Å². The third-order valence-electron chi connectivity index (χ3n) is 3.89. The molecule has 0 heterocycles. The zero-order valence-corrected chi connectivity index (χ0v) is 16.1. The third kappa shape index (κ3) is 10.4. The Morgan fingerprint density at radius 3 is 1.97 bits per heavy atom. The van der Waals surface area contributed by atoms with Crippen LogP contribution in [0, 0.1) is 0 Å². The van der Waals surface area contributed by atoms with Gasteiger partial charge in [-0.05, 0) is 32.7 Å². The first-order valence-electron chi connectivity index (χ1n) is 8.95. The van der Waals surface area contributed by atoms with E-state index in [-0.39, 0.29) is 6.42 Å². The minimum Gasteiger partial charge on any atom is -0.481 e. The highest BCUT2D eigenvalue weighted by atomic mass is 16.4. The molecule has 0 unspecified atom stereocenters. The molecule has 0 spiro atoms. The molecule has 0 saturated heterocycles. The number of amides is 3. The second-order valence-corrected chi connectivity index (χ2v) is 6.34. The Bertz CT molecular complexity index is 600. The van der Waals surface area contributed by atoms with Crippen molar-refractivity contribution in [3.63, 3.8) is 0 Å². The molecule has 0 aliphatic heterocycles. The van der Waals surface area contributed by atoms with Crippen LogP contribution in [0.3, 0.4) is 0 Å². The predicted octanol–water partition coefficient (Wildman–Crippen LogP) is -3.53. The number of aliphatic hydroxyl groups excluding tert-OH is 1. The topological polar surface area (TPSA) is 234 Å². The highest BCUT2D eigenvalue weighted by Crippen LogP contribution is 2.01. The molecule has 10 N–H and O–H groups in total. The molecule has 0 bridgehead atoms. The van der Waals surface area contributed by atoms with Gasteiger partial charge in [-0.2, -0.15) is 0 Å². The first kappa shape index (κ1) is 26.2. The molecule has 0 saturated carbocycles. The zero-order chi connectivity index (χ0) is 22.6. The number of carboxylic acid groups (broad SMARTS) is 2. The number of carboxylic acids is 2. The highest BCUT2D eigenvalue weighted by Gasteiger charge is 2.28. The summed E-state index contributed by atoms with van der Waals surface area (Å²) in [5, 5.41) is 33.3. The minimum absolute atomic E-state index is 0.318. The van der Waals surface area contributed by atoms with E-state index < -0.39 is 66.9 Å². The van der Waals surface area contributed by atoms with E-state index in [2.05, 4.69) is 10.6 Å². The van der Waals surface area contributed by atoms with Gasteiger partial charge >= 0.3 is 11.9 Å². The number of nitrogens with one attached hydrogen (secondary N) is 3. The van der Waals surface area contributed by atoms with Gasteiger partial charge in [0.2, 0.25) is 17.7 Å². The summed E-state index contributed by atoms with van der Waals surface area (Å²) in [6.07, 6.45) is 0.0154. The Labute approximate surface area is 167 Å². The van der Waals surface area contributed by atoms with E-state index in [4.69, 9.17) is 26.8 Å². The molecular weight excluding hydrogens is 390 g/mol. The average Bonchev–Trinajstić information content (AvgIpc) is 2.66. The van der Waals surface area contributed by atoms with Crippen LogP contribution in [0.5, 0.6) is 0 Å². The van der Waals surface area contributed by atoms with Crippen molar-refractivity contribution in [3.05, 3.63) is 0 Å². The zero-order valence-electron chi connectivity index (χ0n) is 16.1.